The molecule has 1 amide bonds. The number of carbonyl (C=O) groups is 1. The monoisotopic (exact) mass is 457 g/mol. The second-order valence-corrected chi connectivity index (χ2v) is 8.99. The minimum absolute atomic E-state index is 0.126. The van der Waals surface area contributed by atoms with Crippen molar-refractivity contribution in [2.75, 3.05) is 37.3 Å². The Hall–Kier alpha value is -3.05. The molecule has 0 aliphatic carbocycles. The number of carbonyl (C=O) groups excluding carboxylic acids is 1. The highest BCUT2D eigenvalue weighted by molar-refractivity contribution is 7.18. The van der Waals surface area contributed by atoms with E-state index in [0.717, 1.165) is 41.5 Å². The Labute approximate surface area is 190 Å². The second-order valence-electron chi connectivity index (χ2n) is 8.01. The van der Waals surface area contributed by atoms with Gasteiger partial charge in [0.1, 0.15) is 5.75 Å². The van der Waals surface area contributed by atoms with Crippen LogP contribution in [0.15, 0.2) is 28.9 Å². The molecule has 3 N–H and O–H groups in total. The zero-order chi connectivity index (χ0) is 22.3. The third-order valence-corrected chi connectivity index (χ3v) is 6.26. The molecule has 0 spiro atoms. The van der Waals surface area contributed by atoms with Crippen LogP contribution >= 0.6 is 11.3 Å². The van der Waals surface area contributed by atoms with Crippen LogP contribution in [-0.2, 0) is 11.2 Å². The number of nitrogen functional groups attached to an aromatic ring is 1. The number of rotatable bonds is 9. The van der Waals surface area contributed by atoms with E-state index in [2.05, 4.69) is 42.3 Å². The molecule has 3 aromatic rings. The summed E-state index contributed by atoms with van der Waals surface area (Å²) in [7, 11) is 0. The number of nitrogens with two attached hydrogens (primary N) is 1. The van der Waals surface area contributed by atoms with Gasteiger partial charge in [-0.3, -0.25) is 4.79 Å². The molecule has 4 rings (SSSR count). The van der Waals surface area contributed by atoms with Gasteiger partial charge in [0.15, 0.2) is 16.5 Å². The molecule has 0 bridgehead atoms. The molecule has 11 heteroatoms. The molecular weight excluding hydrogens is 430 g/mol. The summed E-state index contributed by atoms with van der Waals surface area (Å²) >= 11 is 1.15. The van der Waals surface area contributed by atoms with E-state index < -0.39 is 0 Å². The Balaban J connectivity index is 1.22. The molecule has 32 heavy (non-hydrogen) atoms. The van der Waals surface area contributed by atoms with Crippen molar-refractivity contribution < 1.29 is 14.2 Å². The average molecular weight is 458 g/mol. The van der Waals surface area contributed by atoms with Crippen molar-refractivity contribution in [1.29, 1.82) is 0 Å². The summed E-state index contributed by atoms with van der Waals surface area (Å²) in [6, 6.07) is 7.61. The smallest absolute Gasteiger partial charge is 0.230 e. The molecule has 170 valence electrons. The number of amides is 1. The van der Waals surface area contributed by atoms with Gasteiger partial charge < -0.3 is 20.7 Å². The fourth-order valence-electron chi connectivity index (χ4n) is 3.57. The summed E-state index contributed by atoms with van der Waals surface area (Å²) in [5.74, 6) is 1.55. The quantitative estimate of drug-likeness (QED) is 0.465. The maximum atomic E-state index is 12.4. The highest BCUT2D eigenvalue weighted by atomic mass is 32.1. The molecule has 3 heterocycles. The normalized spacial score (nSPS) is 15.0. The predicted octanol–water partition coefficient (Wildman–Crippen LogP) is 2.85. The van der Waals surface area contributed by atoms with E-state index in [-0.39, 0.29) is 18.1 Å². The molecule has 1 aliphatic rings. The number of anilines is 2. The number of piperidine rings is 1. The number of hydrogen-bond acceptors (Lipinski definition) is 10. The maximum Gasteiger partial charge on any atom is 0.230 e. The molecule has 0 saturated carbocycles. The van der Waals surface area contributed by atoms with E-state index in [1.54, 1.807) is 0 Å². The van der Waals surface area contributed by atoms with Crippen LogP contribution in [0.2, 0.25) is 0 Å². The molecular formula is C21H27N7O3S. The molecule has 0 unspecified atom stereocenters. The highest BCUT2D eigenvalue weighted by Gasteiger charge is 2.17. The second kappa shape index (κ2) is 10.5. The van der Waals surface area contributed by atoms with Crippen molar-refractivity contribution in [2.24, 2.45) is 5.92 Å². The summed E-state index contributed by atoms with van der Waals surface area (Å²) in [6.07, 6.45) is 3.76. The predicted molar refractivity (Wildman–Crippen MR) is 121 cm³/mol. The maximum absolute atomic E-state index is 12.4. The molecule has 1 saturated heterocycles. The van der Waals surface area contributed by atoms with Crippen LogP contribution in [0.4, 0.5) is 10.9 Å². The van der Waals surface area contributed by atoms with Crippen molar-refractivity contribution in [1.82, 2.24) is 25.4 Å². The SMILES string of the molecule is CC1CCN(CCCOc2cccc(CC(=O)Nc3nnc(-c4nonc4N)s3)c2)CC1. The number of ether oxygens (including phenoxy) is 1. The molecule has 1 aromatic carbocycles. The van der Waals surface area contributed by atoms with Gasteiger partial charge in [0.25, 0.3) is 0 Å². The Morgan fingerprint density at radius 3 is 2.94 bits per heavy atom. The molecule has 0 radical (unpaired) electrons. The zero-order valence-corrected chi connectivity index (χ0v) is 18.8. The van der Waals surface area contributed by atoms with Crippen LogP contribution in [-0.4, -0.2) is 57.6 Å². The summed E-state index contributed by atoms with van der Waals surface area (Å²) in [4.78, 5) is 14.9. The van der Waals surface area contributed by atoms with Crippen LogP contribution in [0.25, 0.3) is 10.7 Å². The Kier molecular flexibility index (Phi) is 7.28. The lowest BCUT2D eigenvalue weighted by atomic mass is 9.99. The summed E-state index contributed by atoms with van der Waals surface area (Å²) in [5.41, 5.74) is 6.82. The number of hydrogen-bond donors (Lipinski definition) is 2. The van der Waals surface area contributed by atoms with Crippen molar-refractivity contribution in [2.45, 2.75) is 32.6 Å². The van der Waals surface area contributed by atoms with E-state index in [4.69, 9.17) is 10.5 Å². The van der Waals surface area contributed by atoms with Gasteiger partial charge in [0.05, 0.1) is 13.0 Å². The number of aromatic nitrogens is 4. The zero-order valence-electron chi connectivity index (χ0n) is 18.0. The summed E-state index contributed by atoms with van der Waals surface area (Å²) < 4.78 is 10.5. The first-order valence-electron chi connectivity index (χ1n) is 10.7. The lowest BCUT2D eigenvalue weighted by Crippen LogP contribution is -2.34. The van der Waals surface area contributed by atoms with Crippen molar-refractivity contribution in [3.8, 4) is 16.5 Å². The number of likely N-dealkylation sites (tertiary alicyclic amines) is 1. The standard InChI is InChI=1S/C21H27N7O3S/c1-14-6-9-28(10-7-14)8-3-11-30-16-5-2-4-15(12-16)13-17(29)23-21-25-24-20(32-21)18-19(22)27-31-26-18/h2,4-5,12,14H,3,6-11,13H2,1H3,(H2,22,27)(H,23,25,29). The van der Waals surface area contributed by atoms with Gasteiger partial charge in [-0.05, 0) is 66.3 Å². The Morgan fingerprint density at radius 2 is 2.16 bits per heavy atom. The van der Waals surface area contributed by atoms with Crippen LogP contribution in [0.5, 0.6) is 5.75 Å². The third kappa shape index (κ3) is 6.01. The molecule has 0 atom stereocenters. The van der Waals surface area contributed by atoms with Crippen molar-refractivity contribution in [3.63, 3.8) is 0 Å². The molecule has 10 nitrogen and oxygen atoms in total. The minimum Gasteiger partial charge on any atom is -0.494 e. The average Bonchev–Trinajstić information content (AvgIpc) is 3.41. The van der Waals surface area contributed by atoms with Crippen molar-refractivity contribution in [3.05, 3.63) is 29.8 Å². The minimum atomic E-state index is -0.199. The summed E-state index contributed by atoms with van der Waals surface area (Å²) in [6.45, 7) is 6.42. The van der Waals surface area contributed by atoms with E-state index in [1.165, 1.54) is 25.9 Å². The first-order valence-corrected chi connectivity index (χ1v) is 11.5. The van der Waals surface area contributed by atoms with E-state index in [0.29, 0.717) is 22.4 Å². The fourth-order valence-corrected chi connectivity index (χ4v) is 4.32. The highest BCUT2D eigenvalue weighted by Crippen LogP contribution is 2.28. The lowest BCUT2D eigenvalue weighted by molar-refractivity contribution is -0.115. The van der Waals surface area contributed by atoms with E-state index in [1.807, 2.05) is 24.3 Å². The molecule has 1 fully saturated rings. The van der Waals surface area contributed by atoms with Gasteiger partial charge >= 0.3 is 0 Å². The van der Waals surface area contributed by atoms with E-state index >= 15 is 0 Å². The first kappa shape index (κ1) is 22.2. The van der Waals surface area contributed by atoms with Crippen LogP contribution in [0.1, 0.15) is 31.7 Å². The third-order valence-electron chi connectivity index (χ3n) is 5.41. The van der Waals surface area contributed by atoms with Gasteiger partial charge in [-0.15, -0.1) is 10.2 Å². The van der Waals surface area contributed by atoms with Crippen LogP contribution < -0.4 is 15.8 Å². The van der Waals surface area contributed by atoms with Gasteiger partial charge in [0, 0.05) is 6.54 Å². The van der Waals surface area contributed by atoms with E-state index in [9.17, 15) is 4.79 Å². The Morgan fingerprint density at radius 1 is 1.31 bits per heavy atom. The number of nitrogens with zero attached hydrogens (tertiary/aromatic N) is 5. The number of benzene rings is 1. The topological polar surface area (TPSA) is 132 Å². The first-order chi connectivity index (χ1) is 15.6. The molecule has 2 aromatic heterocycles. The molecule has 1 aliphatic heterocycles. The van der Waals surface area contributed by atoms with Crippen LogP contribution in [0, 0.1) is 5.92 Å². The van der Waals surface area contributed by atoms with Crippen molar-refractivity contribution >= 4 is 28.2 Å². The Bertz CT molecular complexity index is 1030. The van der Waals surface area contributed by atoms with Crippen LogP contribution in [0.3, 0.4) is 0 Å². The van der Waals surface area contributed by atoms with Gasteiger partial charge in [-0.25, -0.2) is 4.63 Å². The van der Waals surface area contributed by atoms with Gasteiger partial charge in [0.2, 0.25) is 11.0 Å². The number of nitrogens with one attached hydrogen (secondary N) is 1. The fraction of sp³-hybridized carbons (Fsp3) is 0.476. The largest absolute Gasteiger partial charge is 0.494 e. The summed E-state index contributed by atoms with van der Waals surface area (Å²) in [5, 5.41) is 18.6. The van der Waals surface area contributed by atoms with Gasteiger partial charge in [-0.1, -0.05) is 30.4 Å². The van der Waals surface area contributed by atoms with Gasteiger partial charge in [-0.2, -0.15) is 0 Å². The lowest BCUT2D eigenvalue weighted by Gasteiger charge is -2.30.